The molecule has 3 aromatic rings. The summed E-state index contributed by atoms with van der Waals surface area (Å²) in [4.78, 5) is 17.6. The Balaban J connectivity index is 1.45. The van der Waals surface area contributed by atoms with Gasteiger partial charge in [-0.25, -0.2) is 9.18 Å². The zero-order chi connectivity index (χ0) is 20.2. The lowest BCUT2D eigenvalue weighted by Crippen LogP contribution is -2.27. The van der Waals surface area contributed by atoms with Crippen molar-refractivity contribution in [2.24, 2.45) is 0 Å². The third-order valence-electron chi connectivity index (χ3n) is 4.34. The lowest BCUT2D eigenvalue weighted by Gasteiger charge is -2.14. The van der Waals surface area contributed by atoms with Crippen molar-refractivity contribution in [3.8, 4) is 0 Å². The van der Waals surface area contributed by atoms with Gasteiger partial charge in [-0.15, -0.1) is 0 Å². The molecule has 9 heteroatoms. The van der Waals surface area contributed by atoms with E-state index in [-0.39, 0.29) is 6.10 Å². The van der Waals surface area contributed by atoms with Crippen LogP contribution < -0.4 is 10.2 Å². The van der Waals surface area contributed by atoms with Gasteiger partial charge in [-0.3, -0.25) is 9.88 Å². The number of pyridine rings is 1. The molecule has 148 valence electrons. The molecule has 1 amide bonds. The predicted molar refractivity (Wildman–Crippen MR) is 110 cm³/mol. The fourth-order valence-corrected chi connectivity index (χ4v) is 3.37. The molecule has 1 fully saturated rings. The molecule has 0 aliphatic carbocycles. The summed E-state index contributed by atoms with van der Waals surface area (Å²) in [7, 11) is 0. The Bertz CT molecular complexity index is 1030. The summed E-state index contributed by atoms with van der Waals surface area (Å²) < 4.78 is 25.4. The van der Waals surface area contributed by atoms with Crippen LogP contribution in [0.3, 0.4) is 0 Å². The fourth-order valence-electron chi connectivity index (χ4n) is 2.89. The Labute approximate surface area is 174 Å². The van der Waals surface area contributed by atoms with E-state index in [9.17, 15) is 9.18 Å². The number of benzene rings is 1. The molecule has 29 heavy (non-hydrogen) atoms. The number of hydrogen-bond acceptors (Lipinski definition) is 6. The molecular formula is C20H16BrFN4O3. The number of hydrogen-bond donors (Lipinski definition) is 1. The molecule has 1 saturated heterocycles. The average molecular weight is 459 g/mol. The normalized spacial score (nSPS) is 16.8. The molecule has 0 spiro atoms. The smallest absolute Gasteiger partial charge is 0.414 e. The van der Waals surface area contributed by atoms with Crippen LogP contribution in [0.5, 0.6) is 0 Å². The van der Waals surface area contributed by atoms with Crippen molar-refractivity contribution in [2.75, 3.05) is 23.3 Å². The number of nitrogens with zero attached hydrogens (tertiary/aromatic N) is 3. The van der Waals surface area contributed by atoms with Crippen molar-refractivity contribution in [2.45, 2.75) is 6.10 Å². The molecule has 1 aliphatic heterocycles. The summed E-state index contributed by atoms with van der Waals surface area (Å²) in [5.74, 6) is 0.112. The highest BCUT2D eigenvalue weighted by atomic mass is 79.9. The van der Waals surface area contributed by atoms with E-state index in [2.05, 4.69) is 31.4 Å². The van der Waals surface area contributed by atoms with Crippen LogP contribution in [-0.2, 0) is 4.74 Å². The second-order valence-corrected chi connectivity index (χ2v) is 7.18. The van der Waals surface area contributed by atoms with E-state index in [1.165, 1.54) is 17.2 Å². The van der Waals surface area contributed by atoms with Gasteiger partial charge in [0, 0.05) is 34.1 Å². The summed E-state index contributed by atoms with van der Waals surface area (Å²) in [6.07, 6.45) is 5.56. The molecule has 3 heterocycles. The van der Waals surface area contributed by atoms with Crippen LogP contribution in [-0.4, -0.2) is 35.4 Å². The van der Waals surface area contributed by atoms with Gasteiger partial charge in [0.1, 0.15) is 18.2 Å². The number of carbonyl (C=O) groups is 1. The first-order chi connectivity index (χ1) is 14.1. The number of anilines is 2. The van der Waals surface area contributed by atoms with Gasteiger partial charge in [0.2, 0.25) is 0 Å². The van der Waals surface area contributed by atoms with Gasteiger partial charge < -0.3 is 14.6 Å². The highest BCUT2D eigenvalue weighted by Gasteiger charge is 2.32. The SMILES string of the molecule is O=C1O[C@@H](CNc2ccon2)CN1c1ccc(/C=C(\Br)c2cccnc2)c(F)c1. The van der Waals surface area contributed by atoms with Crippen molar-refractivity contribution in [3.05, 3.63) is 72.0 Å². The van der Waals surface area contributed by atoms with Gasteiger partial charge in [-0.05, 0) is 30.3 Å². The molecule has 0 bridgehead atoms. The molecule has 1 aliphatic rings. The molecule has 1 atom stereocenters. The van der Waals surface area contributed by atoms with Crippen LogP contribution >= 0.6 is 15.9 Å². The topological polar surface area (TPSA) is 80.5 Å². The number of nitrogens with one attached hydrogen (secondary N) is 1. The maximum Gasteiger partial charge on any atom is 0.414 e. The van der Waals surface area contributed by atoms with E-state index < -0.39 is 11.9 Å². The van der Waals surface area contributed by atoms with Crippen LogP contribution in [0.2, 0.25) is 0 Å². The van der Waals surface area contributed by atoms with Crippen LogP contribution in [0.15, 0.2) is 59.6 Å². The van der Waals surface area contributed by atoms with Gasteiger partial charge in [0.25, 0.3) is 0 Å². The van der Waals surface area contributed by atoms with Crippen molar-refractivity contribution >= 4 is 44.1 Å². The summed E-state index contributed by atoms with van der Waals surface area (Å²) in [5, 5.41) is 6.75. The van der Waals surface area contributed by atoms with E-state index in [1.807, 2.05) is 6.07 Å². The average Bonchev–Trinajstić information content (AvgIpc) is 3.38. The van der Waals surface area contributed by atoms with Crippen molar-refractivity contribution in [1.29, 1.82) is 0 Å². The minimum absolute atomic E-state index is 0.303. The zero-order valence-electron chi connectivity index (χ0n) is 15.1. The van der Waals surface area contributed by atoms with Gasteiger partial charge in [-0.2, -0.15) is 0 Å². The van der Waals surface area contributed by atoms with E-state index in [0.29, 0.717) is 34.6 Å². The Morgan fingerprint density at radius 1 is 1.38 bits per heavy atom. The Kier molecular flexibility index (Phi) is 5.57. The fraction of sp³-hybridized carbons (Fsp3) is 0.150. The first-order valence-electron chi connectivity index (χ1n) is 8.80. The molecule has 1 N–H and O–H groups in total. The first-order valence-corrected chi connectivity index (χ1v) is 9.59. The Morgan fingerprint density at radius 3 is 3.00 bits per heavy atom. The minimum Gasteiger partial charge on any atom is -0.442 e. The summed E-state index contributed by atoms with van der Waals surface area (Å²) in [5.41, 5.74) is 1.66. The number of halogens is 2. The van der Waals surface area contributed by atoms with Crippen molar-refractivity contribution in [1.82, 2.24) is 10.1 Å². The Hall–Kier alpha value is -3.20. The quantitative estimate of drug-likeness (QED) is 0.583. The third-order valence-corrected chi connectivity index (χ3v) is 5.02. The monoisotopic (exact) mass is 458 g/mol. The second-order valence-electron chi connectivity index (χ2n) is 6.32. The maximum atomic E-state index is 14.6. The minimum atomic E-state index is -0.517. The van der Waals surface area contributed by atoms with Crippen LogP contribution in [0, 0.1) is 5.82 Å². The molecule has 0 unspecified atom stereocenters. The molecule has 7 nitrogen and oxygen atoms in total. The van der Waals surface area contributed by atoms with Gasteiger partial charge in [0.15, 0.2) is 5.82 Å². The lowest BCUT2D eigenvalue weighted by molar-refractivity contribution is 0.147. The van der Waals surface area contributed by atoms with E-state index >= 15 is 0 Å². The lowest BCUT2D eigenvalue weighted by atomic mass is 10.1. The molecular weight excluding hydrogens is 443 g/mol. The number of aromatic nitrogens is 2. The van der Waals surface area contributed by atoms with Crippen molar-refractivity contribution < 1.29 is 18.4 Å². The molecule has 2 aromatic heterocycles. The predicted octanol–water partition coefficient (Wildman–Crippen LogP) is 4.54. The summed E-state index contributed by atoms with van der Waals surface area (Å²) in [6.45, 7) is 0.674. The highest BCUT2D eigenvalue weighted by Crippen LogP contribution is 2.28. The van der Waals surface area contributed by atoms with E-state index in [4.69, 9.17) is 9.26 Å². The number of cyclic esters (lactones) is 1. The van der Waals surface area contributed by atoms with Crippen LogP contribution in [0.25, 0.3) is 10.6 Å². The number of rotatable bonds is 6. The largest absolute Gasteiger partial charge is 0.442 e. The Morgan fingerprint density at radius 2 is 2.28 bits per heavy atom. The molecule has 1 aromatic carbocycles. The van der Waals surface area contributed by atoms with Gasteiger partial charge >= 0.3 is 6.09 Å². The second kappa shape index (κ2) is 8.44. The van der Waals surface area contributed by atoms with Gasteiger partial charge in [-0.1, -0.05) is 27.2 Å². The number of ether oxygens (including phenoxy) is 1. The molecule has 0 radical (unpaired) electrons. The zero-order valence-corrected chi connectivity index (χ0v) is 16.7. The third kappa shape index (κ3) is 4.45. The summed E-state index contributed by atoms with van der Waals surface area (Å²) >= 11 is 3.44. The van der Waals surface area contributed by atoms with Crippen LogP contribution in [0.1, 0.15) is 11.1 Å². The van der Waals surface area contributed by atoms with Gasteiger partial charge in [0.05, 0.1) is 18.8 Å². The maximum absolute atomic E-state index is 14.6. The summed E-state index contributed by atoms with van der Waals surface area (Å²) in [6, 6.07) is 9.97. The van der Waals surface area contributed by atoms with Crippen LogP contribution in [0.4, 0.5) is 20.7 Å². The highest BCUT2D eigenvalue weighted by molar-refractivity contribution is 9.15. The first kappa shape index (κ1) is 19.1. The number of amides is 1. The molecule has 4 rings (SSSR count). The van der Waals surface area contributed by atoms with Crippen molar-refractivity contribution in [3.63, 3.8) is 0 Å². The standard InChI is InChI=1S/C20H16BrFN4O3/c21-17(14-2-1-6-23-10-14)8-13-3-4-15(9-18(13)22)26-12-16(29-20(26)27)11-24-19-5-7-28-25-19/h1-10,16H,11-12H2,(H,24,25)/b17-8-/t16-/m0/s1. The molecule has 0 saturated carbocycles. The van der Waals surface area contributed by atoms with E-state index in [0.717, 1.165) is 5.56 Å². The van der Waals surface area contributed by atoms with E-state index in [1.54, 1.807) is 42.7 Å². The number of carbonyl (C=O) groups excluding carboxylic acids is 1.